The Morgan fingerprint density at radius 1 is 0.476 bits per heavy atom. The first-order valence-corrected chi connectivity index (χ1v) is 14.7. The van der Waals surface area contributed by atoms with Crippen LogP contribution in [0.1, 0.15) is 47.9 Å². The lowest BCUT2D eigenvalue weighted by molar-refractivity contribution is 0.404. The molecule has 0 unspecified atom stereocenters. The van der Waals surface area contributed by atoms with Gasteiger partial charge in [0.2, 0.25) is 0 Å². The average molecular weight is 567 g/mol. The fourth-order valence-corrected chi connectivity index (χ4v) is 6.79. The number of aryl methyl sites for hydroxylation is 2. The van der Waals surface area contributed by atoms with Gasteiger partial charge in [0.1, 0.15) is 34.5 Å². The van der Waals surface area contributed by atoms with E-state index in [-0.39, 0.29) is 11.5 Å². The van der Waals surface area contributed by atoms with Gasteiger partial charge in [0, 0.05) is 33.4 Å². The van der Waals surface area contributed by atoms with Crippen molar-refractivity contribution in [3.05, 3.63) is 70.8 Å². The number of fused-ring (bicyclic) bond motifs is 2. The highest BCUT2D eigenvalue weighted by Crippen LogP contribution is 2.54. The van der Waals surface area contributed by atoms with Gasteiger partial charge in [0.15, 0.2) is 0 Å². The van der Waals surface area contributed by atoms with Gasteiger partial charge >= 0.3 is 0 Å². The van der Waals surface area contributed by atoms with Crippen LogP contribution in [-0.4, -0.2) is 38.7 Å². The van der Waals surface area contributed by atoms with Gasteiger partial charge in [-0.25, -0.2) is 0 Å². The van der Waals surface area contributed by atoms with E-state index in [1.165, 1.54) is 11.1 Å². The molecule has 6 heteroatoms. The third kappa shape index (κ3) is 4.69. The fraction of sp³-hybridized carbons (Fsp3) is 0.333. The maximum atomic E-state index is 12.3. The molecular weight excluding hydrogens is 528 g/mol. The van der Waals surface area contributed by atoms with Crippen LogP contribution in [0.2, 0.25) is 0 Å². The Bertz CT molecular complexity index is 1530. The zero-order valence-corrected chi connectivity index (χ0v) is 24.8. The SMILES string of the molecule is COc1ccc(OC)c(-c2cc3c(c(-c4c(O)c(-c5cc(OC)ccc5OC)cc5c4CCCC5)c2O)CCCC3)c1. The number of ether oxygens (including phenoxy) is 4. The Morgan fingerprint density at radius 2 is 0.881 bits per heavy atom. The van der Waals surface area contributed by atoms with Crippen molar-refractivity contribution in [1.82, 2.24) is 0 Å². The molecule has 6 nitrogen and oxygen atoms in total. The van der Waals surface area contributed by atoms with Crippen LogP contribution in [0.25, 0.3) is 33.4 Å². The molecule has 2 aliphatic rings. The van der Waals surface area contributed by atoms with Crippen LogP contribution < -0.4 is 18.9 Å². The maximum absolute atomic E-state index is 12.3. The van der Waals surface area contributed by atoms with Crippen LogP contribution in [-0.2, 0) is 25.7 Å². The van der Waals surface area contributed by atoms with Gasteiger partial charge in [-0.05, 0) is 122 Å². The van der Waals surface area contributed by atoms with Crippen LogP contribution in [0.3, 0.4) is 0 Å². The lowest BCUT2D eigenvalue weighted by atomic mass is 9.77. The van der Waals surface area contributed by atoms with Crippen LogP contribution >= 0.6 is 0 Å². The largest absolute Gasteiger partial charge is 0.507 e. The summed E-state index contributed by atoms with van der Waals surface area (Å²) >= 11 is 0. The molecule has 2 N–H and O–H groups in total. The smallest absolute Gasteiger partial charge is 0.131 e. The molecule has 0 atom stereocenters. The van der Waals surface area contributed by atoms with Crippen LogP contribution in [0.15, 0.2) is 48.5 Å². The average Bonchev–Trinajstić information content (AvgIpc) is 3.04. The van der Waals surface area contributed by atoms with E-state index in [1.54, 1.807) is 28.4 Å². The van der Waals surface area contributed by atoms with Gasteiger partial charge in [-0.2, -0.15) is 0 Å². The number of benzene rings is 4. The standard InChI is InChI=1S/C36H38O6/c1-39-23-13-15-31(41-3)27(19-23)29-17-21-9-5-7-11-25(21)33(35(29)37)34-26-12-8-6-10-22(26)18-30(36(34)38)28-20-24(40-2)14-16-32(28)42-4/h13-20,37-38H,5-12H2,1-4H3. The molecule has 0 heterocycles. The molecule has 4 aromatic rings. The lowest BCUT2D eigenvalue weighted by Gasteiger charge is -2.28. The summed E-state index contributed by atoms with van der Waals surface area (Å²) in [5.41, 5.74) is 8.93. The monoisotopic (exact) mass is 566 g/mol. The molecule has 0 saturated carbocycles. The highest BCUT2D eigenvalue weighted by Gasteiger charge is 2.30. The Kier molecular flexibility index (Phi) is 7.63. The number of aromatic hydroxyl groups is 2. The summed E-state index contributed by atoms with van der Waals surface area (Å²) in [5, 5.41) is 24.5. The first kappa shape index (κ1) is 27.8. The molecule has 0 aromatic heterocycles. The van der Waals surface area contributed by atoms with E-state index in [4.69, 9.17) is 18.9 Å². The Hall–Kier alpha value is -4.32. The van der Waals surface area contributed by atoms with Gasteiger partial charge in [0.25, 0.3) is 0 Å². The summed E-state index contributed by atoms with van der Waals surface area (Å²) in [6, 6.07) is 15.4. The molecule has 4 aromatic carbocycles. The molecule has 6 rings (SSSR count). The molecular formula is C36H38O6. The molecule has 0 radical (unpaired) electrons. The molecule has 0 bridgehead atoms. The number of hydrogen-bond donors (Lipinski definition) is 2. The quantitative estimate of drug-likeness (QED) is 0.237. The van der Waals surface area contributed by atoms with Gasteiger partial charge in [-0.3, -0.25) is 0 Å². The van der Waals surface area contributed by atoms with Crippen molar-refractivity contribution in [2.75, 3.05) is 28.4 Å². The zero-order chi connectivity index (χ0) is 29.4. The van der Waals surface area contributed by atoms with Crippen molar-refractivity contribution < 1.29 is 29.2 Å². The van der Waals surface area contributed by atoms with Crippen molar-refractivity contribution in [2.24, 2.45) is 0 Å². The highest BCUT2D eigenvalue weighted by atomic mass is 16.5. The van der Waals surface area contributed by atoms with E-state index in [9.17, 15) is 10.2 Å². The second kappa shape index (κ2) is 11.5. The maximum Gasteiger partial charge on any atom is 0.131 e. The van der Waals surface area contributed by atoms with Crippen molar-refractivity contribution in [1.29, 1.82) is 0 Å². The van der Waals surface area contributed by atoms with E-state index in [2.05, 4.69) is 12.1 Å². The second-order valence-corrected chi connectivity index (χ2v) is 11.1. The summed E-state index contributed by atoms with van der Waals surface area (Å²) in [6.45, 7) is 0. The third-order valence-corrected chi connectivity index (χ3v) is 8.89. The fourth-order valence-electron chi connectivity index (χ4n) is 6.79. The molecule has 0 fully saturated rings. The van der Waals surface area contributed by atoms with Crippen LogP contribution in [0.4, 0.5) is 0 Å². The van der Waals surface area contributed by atoms with Gasteiger partial charge in [-0.15, -0.1) is 0 Å². The number of phenols is 2. The summed E-state index contributed by atoms with van der Waals surface area (Å²) in [7, 11) is 6.53. The number of rotatable bonds is 7. The van der Waals surface area contributed by atoms with Crippen molar-refractivity contribution in [3.8, 4) is 67.9 Å². The lowest BCUT2D eigenvalue weighted by Crippen LogP contribution is -2.10. The Labute approximate surface area is 247 Å². The van der Waals surface area contributed by atoms with Crippen molar-refractivity contribution in [2.45, 2.75) is 51.4 Å². The van der Waals surface area contributed by atoms with Crippen molar-refractivity contribution in [3.63, 3.8) is 0 Å². The zero-order valence-electron chi connectivity index (χ0n) is 24.8. The summed E-state index contributed by atoms with van der Waals surface area (Å²) in [4.78, 5) is 0. The summed E-state index contributed by atoms with van der Waals surface area (Å²) in [5.74, 6) is 2.96. The van der Waals surface area contributed by atoms with E-state index >= 15 is 0 Å². The predicted molar refractivity (Wildman–Crippen MR) is 166 cm³/mol. The van der Waals surface area contributed by atoms with Gasteiger partial charge in [0.05, 0.1) is 28.4 Å². The summed E-state index contributed by atoms with van der Waals surface area (Å²) < 4.78 is 22.6. The van der Waals surface area contributed by atoms with E-state index < -0.39 is 0 Å². The molecule has 0 aliphatic heterocycles. The van der Waals surface area contributed by atoms with Crippen LogP contribution in [0, 0.1) is 0 Å². The number of hydrogen-bond acceptors (Lipinski definition) is 6. The van der Waals surface area contributed by atoms with Crippen LogP contribution in [0.5, 0.6) is 34.5 Å². The van der Waals surface area contributed by atoms with E-state index in [0.717, 1.165) is 84.7 Å². The molecule has 0 amide bonds. The second-order valence-electron chi connectivity index (χ2n) is 11.1. The van der Waals surface area contributed by atoms with Gasteiger partial charge < -0.3 is 29.2 Å². The minimum Gasteiger partial charge on any atom is -0.507 e. The van der Waals surface area contributed by atoms with Gasteiger partial charge in [-0.1, -0.05) is 0 Å². The Morgan fingerprint density at radius 3 is 1.26 bits per heavy atom. The van der Waals surface area contributed by atoms with E-state index in [1.807, 2.05) is 36.4 Å². The highest BCUT2D eigenvalue weighted by molar-refractivity contribution is 5.95. The third-order valence-electron chi connectivity index (χ3n) is 8.89. The molecule has 0 spiro atoms. The Balaban J connectivity index is 1.70. The van der Waals surface area contributed by atoms with E-state index in [0.29, 0.717) is 34.1 Å². The summed E-state index contributed by atoms with van der Waals surface area (Å²) in [6.07, 6.45) is 7.74. The molecule has 218 valence electrons. The van der Waals surface area contributed by atoms with Crippen molar-refractivity contribution >= 4 is 0 Å². The minimum absolute atomic E-state index is 0.153. The topological polar surface area (TPSA) is 77.4 Å². The normalized spacial score (nSPS) is 14.1. The first-order valence-electron chi connectivity index (χ1n) is 14.7. The number of phenolic OH excluding ortho intramolecular Hbond substituents is 2. The molecule has 0 saturated heterocycles. The molecule has 42 heavy (non-hydrogen) atoms. The predicted octanol–water partition coefficient (Wildman–Crippen LogP) is 7.89. The molecule has 2 aliphatic carbocycles. The first-order chi connectivity index (χ1) is 20.5. The minimum atomic E-state index is 0.153. The number of methoxy groups -OCH3 is 4.